The van der Waals surface area contributed by atoms with Crippen LogP contribution in [0, 0.1) is 11.8 Å². The van der Waals surface area contributed by atoms with Crippen LogP contribution in [0.25, 0.3) is 0 Å². The van der Waals surface area contributed by atoms with Crippen LogP contribution in [0.5, 0.6) is 0 Å². The van der Waals surface area contributed by atoms with Gasteiger partial charge in [0.25, 0.3) is 0 Å². The van der Waals surface area contributed by atoms with E-state index in [-0.39, 0.29) is 12.8 Å². The molecule has 2 unspecified atom stereocenters. The molecule has 0 spiro atoms. The van der Waals surface area contributed by atoms with Crippen LogP contribution in [0.4, 0.5) is 0 Å². The van der Waals surface area contributed by atoms with Gasteiger partial charge in [0.1, 0.15) is 0 Å². The number of rotatable bonds is 10. The van der Waals surface area contributed by atoms with Crippen LogP contribution in [-0.2, 0) is 9.59 Å². The summed E-state index contributed by atoms with van der Waals surface area (Å²) >= 11 is 0. The first-order chi connectivity index (χ1) is 10.9. The van der Waals surface area contributed by atoms with E-state index in [1.54, 1.807) is 0 Å². The van der Waals surface area contributed by atoms with Crippen LogP contribution in [0.2, 0.25) is 0 Å². The summed E-state index contributed by atoms with van der Waals surface area (Å²) in [5.41, 5.74) is 11.1. The van der Waals surface area contributed by atoms with Crippen molar-refractivity contribution in [1.29, 1.82) is 0 Å². The van der Waals surface area contributed by atoms with Crippen LogP contribution in [-0.4, -0.2) is 56.7 Å². The molecule has 0 radical (unpaired) electrons. The minimum atomic E-state index is -1.01. The smallest absolute Gasteiger partial charge is 0.306 e. The molecule has 0 aromatic carbocycles. The number of hydrogen-bond donors (Lipinski definition) is 6. The molecule has 0 saturated carbocycles. The van der Waals surface area contributed by atoms with Gasteiger partial charge in [-0.15, -0.1) is 0 Å². The summed E-state index contributed by atoms with van der Waals surface area (Å²) < 4.78 is 0. The number of aliphatic hydroxyl groups is 2. The molecule has 0 bridgehead atoms. The average Bonchev–Trinajstić information content (AvgIpc) is 2.36. The van der Waals surface area contributed by atoms with Crippen molar-refractivity contribution in [2.24, 2.45) is 23.3 Å². The maximum absolute atomic E-state index is 10.2. The normalized spacial score (nSPS) is 16.1. The first kappa shape index (κ1) is 25.0. The number of carbonyl (C=O) groups is 2. The molecule has 8 N–H and O–H groups in total. The Hall–Kier alpha value is -1.22. The zero-order chi connectivity index (χ0) is 19.4. The van der Waals surface area contributed by atoms with Gasteiger partial charge in [-0.25, -0.2) is 0 Å². The predicted octanol–water partition coefficient (Wildman–Crippen LogP) is 0.391. The molecule has 144 valence electrons. The molecule has 0 heterocycles. The van der Waals surface area contributed by atoms with Gasteiger partial charge in [-0.1, -0.05) is 27.7 Å². The van der Waals surface area contributed by atoms with Crippen LogP contribution < -0.4 is 11.5 Å². The van der Waals surface area contributed by atoms with Crippen molar-refractivity contribution in [2.75, 3.05) is 0 Å². The lowest BCUT2D eigenvalue weighted by molar-refractivity contribution is -0.140. The van der Waals surface area contributed by atoms with E-state index < -0.39 is 36.2 Å². The van der Waals surface area contributed by atoms with Gasteiger partial charge in [0.2, 0.25) is 0 Å². The fourth-order valence-electron chi connectivity index (χ4n) is 2.06. The second kappa shape index (κ2) is 13.1. The number of carboxylic acid groups (broad SMARTS) is 2. The van der Waals surface area contributed by atoms with E-state index in [1.807, 2.05) is 27.7 Å². The van der Waals surface area contributed by atoms with E-state index >= 15 is 0 Å². The molecule has 0 fully saturated rings. The van der Waals surface area contributed by atoms with Crippen molar-refractivity contribution < 1.29 is 30.0 Å². The predicted molar refractivity (Wildman–Crippen MR) is 91.4 cm³/mol. The lowest BCUT2D eigenvalue weighted by Gasteiger charge is -2.18. The number of aliphatic hydroxyl groups excluding tert-OH is 2. The maximum Gasteiger partial charge on any atom is 0.306 e. The molecule has 0 rings (SSSR count). The number of aliphatic carboxylic acids is 2. The Kier molecular flexibility index (Phi) is 13.7. The Morgan fingerprint density at radius 2 is 1.00 bits per heavy atom. The third-order valence-electron chi connectivity index (χ3n) is 3.24. The van der Waals surface area contributed by atoms with Gasteiger partial charge < -0.3 is 31.9 Å². The van der Waals surface area contributed by atoms with Crippen LogP contribution in [0.15, 0.2) is 0 Å². The summed E-state index contributed by atoms with van der Waals surface area (Å²) in [4.78, 5) is 20.4. The molecule has 4 atom stereocenters. The summed E-state index contributed by atoms with van der Waals surface area (Å²) in [5, 5.41) is 35.2. The second-order valence-corrected chi connectivity index (χ2v) is 6.92. The molecule has 8 heteroatoms. The molecular weight excluding hydrogens is 316 g/mol. The highest BCUT2D eigenvalue weighted by Crippen LogP contribution is 2.09. The summed E-state index contributed by atoms with van der Waals surface area (Å²) in [6.45, 7) is 7.92. The quantitative estimate of drug-likeness (QED) is 0.329. The lowest BCUT2D eigenvalue weighted by Crippen LogP contribution is -2.37. The minimum Gasteiger partial charge on any atom is -0.481 e. The van der Waals surface area contributed by atoms with Gasteiger partial charge in [-0.05, 0) is 24.7 Å². The van der Waals surface area contributed by atoms with Gasteiger partial charge >= 0.3 is 11.9 Å². The van der Waals surface area contributed by atoms with Gasteiger partial charge in [-0.3, -0.25) is 9.59 Å². The minimum absolute atomic E-state index is 0.270. The van der Waals surface area contributed by atoms with Gasteiger partial charge in [0, 0.05) is 12.1 Å². The van der Waals surface area contributed by atoms with E-state index in [2.05, 4.69) is 0 Å². The highest BCUT2D eigenvalue weighted by Gasteiger charge is 2.19. The van der Waals surface area contributed by atoms with Gasteiger partial charge in [-0.2, -0.15) is 0 Å². The molecule has 0 saturated heterocycles. The zero-order valence-corrected chi connectivity index (χ0v) is 15.1. The van der Waals surface area contributed by atoms with Crippen molar-refractivity contribution in [3.8, 4) is 0 Å². The summed E-state index contributed by atoms with van der Waals surface area (Å²) in [6.07, 6.45) is -1.10. The Morgan fingerprint density at radius 3 is 1.17 bits per heavy atom. The molecular formula is C16H34N2O6. The Bertz CT molecular complexity index is 328. The Balaban J connectivity index is 0. The molecule has 0 amide bonds. The first-order valence-electron chi connectivity index (χ1n) is 8.17. The summed E-state index contributed by atoms with van der Waals surface area (Å²) in [7, 11) is 0. The van der Waals surface area contributed by atoms with Crippen molar-refractivity contribution in [1.82, 2.24) is 0 Å². The van der Waals surface area contributed by atoms with E-state index in [0.29, 0.717) is 24.7 Å². The largest absolute Gasteiger partial charge is 0.481 e. The van der Waals surface area contributed by atoms with E-state index in [9.17, 15) is 19.8 Å². The average molecular weight is 350 g/mol. The monoisotopic (exact) mass is 350 g/mol. The maximum atomic E-state index is 10.2. The first-order valence-corrected chi connectivity index (χ1v) is 8.17. The van der Waals surface area contributed by atoms with Crippen molar-refractivity contribution >= 4 is 11.9 Å². The fraction of sp³-hybridized carbons (Fsp3) is 0.875. The Labute approximate surface area is 143 Å². The van der Waals surface area contributed by atoms with Crippen molar-refractivity contribution in [2.45, 2.75) is 77.7 Å². The third kappa shape index (κ3) is 15.7. The molecule has 0 aliphatic carbocycles. The number of nitrogens with two attached hydrogens (primary N) is 2. The highest BCUT2D eigenvalue weighted by atomic mass is 16.4. The van der Waals surface area contributed by atoms with Gasteiger partial charge in [0.15, 0.2) is 0 Å². The molecule has 0 aliphatic heterocycles. The fourth-order valence-corrected chi connectivity index (χ4v) is 2.06. The summed E-state index contributed by atoms with van der Waals surface area (Å²) in [5.74, 6) is -1.27. The Morgan fingerprint density at radius 1 is 0.750 bits per heavy atom. The number of hydrogen-bond acceptors (Lipinski definition) is 6. The molecule has 8 nitrogen and oxygen atoms in total. The third-order valence-corrected chi connectivity index (χ3v) is 3.24. The van der Waals surface area contributed by atoms with Crippen molar-refractivity contribution in [3.63, 3.8) is 0 Å². The highest BCUT2D eigenvalue weighted by molar-refractivity contribution is 5.67. The summed E-state index contributed by atoms with van der Waals surface area (Å²) in [6, 6.07) is -0.859. The van der Waals surface area contributed by atoms with Crippen LogP contribution in [0.1, 0.15) is 53.4 Å². The molecule has 0 aliphatic rings. The molecule has 24 heavy (non-hydrogen) atoms. The topological polar surface area (TPSA) is 167 Å². The number of carboxylic acids is 2. The standard InChI is InChI=1S/2C8H17NO3/c2*1-5(2)3-6(9)7(10)4-8(11)12/h2*5-7,10H,3-4,9H2,1-2H3,(H,11,12)/t6-,7-;/m0./s1. The van der Waals surface area contributed by atoms with Crippen LogP contribution in [0.3, 0.4) is 0 Å². The van der Waals surface area contributed by atoms with Crippen molar-refractivity contribution in [3.05, 3.63) is 0 Å². The van der Waals surface area contributed by atoms with E-state index in [4.69, 9.17) is 21.7 Å². The molecule has 0 aromatic rings. The van der Waals surface area contributed by atoms with Gasteiger partial charge in [0.05, 0.1) is 25.0 Å². The van der Waals surface area contributed by atoms with E-state index in [0.717, 1.165) is 0 Å². The molecule has 0 aromatic heterocycles. The van der Waals surface area contributed by atoms with E-state index in [1.165, 1.54) is 0 Å². The SMILES string of the molecule is CC(C)CC(N)C(O)CC(=O)O.CC(C)C[C@H](N)[C@@H](O)CC(=O)O. The zero-order valence-electron chi connectivity index (χ0n) is 15.1. The second-order valence-electron chi connectivity index (χ2n) is 6.92. The lowest BCUT2D eigenvalue weighted by atomic mass is 9.98. The van der Waals surface area contributed by atoms with Crippen LogP contribution >= 0.6 is 0 Å².